The third-order valence-electron chi connectivity index (χ3n) is 3.42. The second-order valence-electron chi connectivity index (χ2n) is 4.69. The zero-order valence-electron chi connectivity index (χ0n) is 10.4. The molecular formula is C14H16N3O. The SMILES string of the molecule is Cc1c[c]c(C2CCOCC2)nc1-c1cn[nH]c1. The van der Waals surface area contributed by atoms with Gasteiger partial charge in [0.25, 0.3) is 0 Å². The molecule has 0 bridgehead atoms. The molecule has 4 heteroatoms. The van der Waals surface area contributed by atoms with Crippen molar-refractivity contribution in [3.8, 4) is 11.3 Å². The molecule has 3 rings (SSSR count). The molecule has 0 atom stereocenters. The fourth-order valence-corrected chi connectivity index (χ4v) is 2.34. The van der Waals surface area contributed by atoms with E-state index in [1.165, 1.54) is 0 Å². The van der Waals surface area contributed by atoms with E-state index in [1.54, 1.807) is 0 Å². The van der Waals surface area contributed by atoms with Crippen LogP contribution in [0.5, 0.6) is 0 Å². The summed E-state index contributed by atoms with van der Waals surface area (Å²) in [5.41, 5.74) is 4.23. The van der Waals surface area contributed by atoms with Gasteiger partial charge in [0.1, 0.15) is 0 Å². The molecule has 0 aromatic carbocycles. The van der Waals surface area contributed by atoms with Gasteiger partial charge in [0, 0.05) is 37.0 Å². The third kappa shape index (κ3) is 2.16. The first-order valence-electron chi connectivity index (χ1n) is 6.30. The van der Waals surface area contributed by atoms with Crippen LogP contribution in [-0.2, 0) is 4.74 Å². The quantitative estimate of drug-likeness (QED) is 0.880. The number of rotatable bonds is 2. The maximum absolute atomic E-state index is 5.39. The minimum absolute atomic E-state index is 0.477. The summed E-state index contributed by atoms with van der Waals surface area (Å²) < 4.78 is 5.39. The van der Waals surface area contributed by atoms with Crippen LogP contribution < -0.4 is 0 Å². The number of aromatic amines is 1. The summed E-state index contributed by atoms with van der Waals surface area (Å²) in [5, 5.41) is 6.82. The fraction of sp³-hybridized carbons (Fsp3) is 0.429. The maximum Gasteiger partial charge on any atom is 0.0766 e. The van der Waals surface area contributed by atoms with Gasteiger partial charge in [0.05, 0.1) is 17.6 Å². The third-order valence-corrected chi connectivity index (χ3v) is 3.42. The molecule has 1 saturated heterocycles. The number of nitrogens with zero attached hydrogens (tertiary/aromatic N) is 2. The predicted octanol–water partition coefficient (Wildman–Crippen LogP) is 2.47. The summed E-state index contributed by atoms with van der Waals surface area (Å²) in [4.78, 5) is 4.77. The molecular weight excluding hydrogens is 226 g/mol. The van der Waals surface area contributed by atoms with Crippen molar-refractivity contribution in [3.63, 3.8) is 0 Å². The van der Waals surface area contributed by atoms with E-state index in [4.69, 9.17) is 9.72 Å². The lowest BCUT2D eigenvalue weighted by atomic mass is 9.95. The molecule has 1 radical (unpaired) electrons. The lowest BCUT2D eigenvalue weighted by molar-refractivity contribution is 0.0845. The van der Waals surface area contributed by atoms with E-state index in [1.807, 2.05) is 18.5 Å². The molecule has 0 amide bonds. The van der Waals surface area contributed by atoms with Crippen molar-refractivity contribution >= 4 is 0 Å². The van der Waals surface area contributed by atoms with Gasteiger partial charge in [-0.1, -0.05) is 0 Å². The second-order valence-corrected chi connectivity index (χ2v) is 4.69. The first-order chi connectivity index (χ1) is 8.84. The van der Waals surface area contributed by atoms with Crippen molar-refractivity contribution < 1.29 is 4.74 Å². The van der Waals surface area contributed by atoms with E-state index in [9.17, 15) is 0 Å². The Bertz CT molecular complexity index is 516. The van der Waals surface area contributed by atoms with Gasteiger partial charge in [0.2, 0.25) is 0 Å². The number of aryl methyl sites for hydroxylation is 1. The van der Waals surface area contributed by atoms with Crippen molar-refractivity contribution in [2.75, 3.05) is 13.2 Å². The number of H-pyrrole nitrogens is 1. The minimum Gasteiger partial charge on any atom is -0.381 e. The van der Waals surface area contributed by atoms with Gasteiger partial charge < -0.3 is 4.74 Å². The topological polar surface area (TPSA) is 50.8 Å². The zero-order chi connectivity index (χ0) is 12.4. The Kier molecular flexibility index (Phi) is 3.11. The standard InChI is InChI=1S/C14H16N3O/c1-10-2-3-13(11-4-6-18-7-5-11)17-14(10)12-8-15-16-9-12/h2,8-9,11H,4-7H2,1H3,(H,15,16). The minimum atomic E-state index is 0.477. The van der Waals surface area contributed by atoms with Crippen molar-refractivity contribution in [1.29, 1.82) is 0 Å². The van der Waals surface area contributed by atoms with Crippen LogP contribution in [0.15, 0.2) is 18.5 Å². The van der Waals surface area contributed by atoms with Crippen molar-refractivity contribution in [1.82, 2.24) is 15.2 Å². The van der Waals surface area contributed by atoms with Gasteiger partial charge in [0.15, 0.2) is 0 Å². The molecule has 1 fully saturated rings. The number of pyridine rings is 1. The normalized spacial score (nSPS) is 16.9. The van der Waals surface area contributed by atoms with Gasteiger partial charge in [-0.15, -0.1) is 0 Å². The van der Waals surface area contributed by atoms with Crippen molar-refractivity contribution in [2.24, 2.45) is 0 Å². The van der Waals surface area contributed by atoms with E-state index >= 15 is 0 Å². The largest absolute Gasteiger partial charge is 0.381 e. The number of hydrogen-bond acceptors (Lipinski definition) is 3. The molecule has 2 aromatic heterocycles. The molecule has 0 spiro atoms. The van der Waals surface area contributed by atoms with Crippen LogP contribution in [0, 0.1) is 13.0 Å². The molecule has 1 N–H and O–H groups in total. The molecule has 4 nitrogen and oxygen atoms in total. The van der Waals surface area contributed by atoms with Gasteiger partial charge in [-0.3, -0.25) is 10.1 Å². The number of aromatic nitrogens is 3. The highest BCUT2D eigenvalue weighted by molar-refractivity contribution is 5.61. The van der Waals surface area contributed by atoms with Crippen LogP contribution in [0.3, 0.4) is 0 Å². The van der Waals surface area contributed by atoms with Gasteiger partial charge in [-0.05, 0) is 31.4 Å². The molecule has 0 saturated carbocycles. The Labute approximate surface area is 106 Å². The van der Waals surface area contributed by atoms with E-state index in [0.717, 1.165) is 48.6 Å². The van der Waals surface area contributed by atoms with Crippen LogP contribution in [0.2, 0.25) is 0 Å². The van der Waals surface area contributed by atoms with Crippen molar-refractivity contribution in [3.05, 3.63) is 35.8 Å². The highest BCUT2D eigenvalue weighted by Gasteiger charge is 2.18. The Morgan fingerprint density at radius 1 is 1.39 bits per heavy atom. The van der Waals surface area contributed by atoms with E-state index < -0.39 is 0 Å². The summed E-state index contributed by atoms with van der Waals surface area (Å²) >= 11 is 0. The molecule has 93 valence electrons. The monoisotopic (exact) mass is 242 g/mol. The second kappa shape index (κ2) is 4.90. The molecule has 1 aliphatic heterocycles. The summed E-state index contributed by atoms with van der Waals surface area (Å²) in [6, 6.07) is 5.34. The Morgan fingerprint density at radius 3 is 2.94 bits per heavy atom. The lowest BCUT2D eigenvalue weighted by Crippen LogP contribution is -2.15. The first kappa shape index (κ1) is 11.4. The Balaban J connectivity index is 1.95. The highest BCUT2D eigenvalue weighted by atomic mass is 16.5. The van der Waals surface area contributed by atoms with E-state index in [-0.39, 0.29) is 0 Å². The summed E-state index contributed by atoms with van der Waals surface area (Å²) in [6.45, 7) is 3.71. The van der Waals surface area contributed by atoms with E-state index in [0.29, 0.717) is 5.92 Å². The molecule has 18 heavy (non-hydrogen) atoms. The van der Waals surface area contributed by atoms with Crippen LogP contribution in [0.25, 0.3) is 11.3 Å². The summed E-state index contributed by atoms with van der Waals surface area (Å²) in [7, 11) is 0. The van der Waals surface area contributed by atoms with Gasteiger partial charge in [-0.2, -0.15) is 5.10 Å². The predicted molar refractivity (Wildman–Crippen MR) is 68.2 cm³/mol. The average molecular weight is 242 g/mol. The Morgan fingerprint density at radius 2 is 2.22 bits per heavy atom. The highest BCUT2D eigenvalue weighted by Crippen LogP contribution is 2.28. The molecule has 1 aliphatic rings. The van der Waals surface area contributed by atoms with Gasteiger partial charge >= 0.3 is 0 Å². The fourth-order valence-electron chi connectivity index (χ4n) is 2.34. The smallest absolute Gasteiger partial charge is 0.0766 e. The van der Waals surface area contributed by atoms with Crippen LogP contribution >= 0.6 is 0 Å². The molecule has 0 aliphatic carbocycles. The average Bonchev–Trinajstić information content (AvgIpc) is 2.94. The molecule has 2 aromatic rings. The summed E-state index contributed by atoms with van der Waals surface area (Å²) in [6.07, 6.45) is 5.76. The van der Waals surface area contributed by atoms with Crippen molar-refractivity contribution in [2.45, 2.75) is 25.7 Å². The zero-order valence-corrected chi connectivity index (χ0v) is 10.4. The molecule has 3 heterocycles. The van der Waals surface area contributed by atoms with Crippen LogP contribution in [-0.4, -0.2) is 28.4 Å². The number of hydrogen-bond donors (Lipinski definition) is 1. The maximum atomic E-state index is 5.39. The van der Waals surface area contributed by atoms with Crippen LogP contribution in [0.1, 0.15) is 30.0 Å². The number of ether oxygens (including phenoxy) is 1. The molecule has 0 unspecified atom stereocenters. The Hall–Kier alpha value is -1.68. The summed E-state index contributed by atoms with van der Waals surface area (Å²) in [5.74, 6) is 0.477. The van der Waals surface area contributed by atoms with Gasteiger partial charge in [-0.25, -0.2) is 0 Å². The first-order valence-corrected chi connectivity index (χ1v) is 6.30. The number of nitrogens with one attached hydrogen (secondary N) is 1. The lowest BCUT2D eigenvalue weighted by Gasteiger charge is -2.22. The van der Waals surface area contributed by atoms with Crippen LogP contribution in [0.4, 0.5) is 0 Å². The van der Waals surface area contributed by atoms with E-state index in [2.05, 4.69) is 23.2 Å².